The van der Waals surface area contributed by atoms with Crippen molar-refractivity contribution in [2.24, 2.45) is 11.8 Å². The van der Waals surface area contributed by atoms with E-state index in [1.165, 1.54) is 6.07 Å². The monoisotopic (exact) mass is 467 g/mol. The largest absolute Gasteiger partial charge is 0.416 e. The summed E-state index contributed by atoms with van der Waals surface area (Å²) in [5.41, 5.74) is 7.09. The summed E-state index contributed by atoms with van der Waals surface area (Å²) in [7, 11) is 0. The van der Waals surface area contributed by atoms with Gasteiger partial charge in [-0.3, -0.25) is 4.79 Å². The Balaban J connectivity index is 1.48. The lowest BCUT2D eigenvalue weighted by molar-refractivity contribution is -0.137. The third-order valence-corrected chi connectivity index (χ3v) is 6.40. The summed E-state index contributed by atoms with van der Waals surface area (Å²) >= 11 is 6.12. The van der Waals surface area contributed by atoms with Gasteiger partial charge >= 0.3 is 6.18 Å². The van der Waals surface area contributed by atoms with Crippen molar-refractivity contribution in [2.75, 3.05) is 24.1 Å². The summed E-state index contributed by atoms with van der Waals surface area (Å²) in [6, 6.07) is 3.03. The number of aromatic nitrogens is 2. The number of halogens is 4. The van der Waals surface area contributed by atoms with E-state index in [1.807, 2.05) is 0 Å². The van der Waals surface area contributed by atoms with E-state index in [0.717, 1.165) is 42.9 Å². The van der Waals surface area contributed by atoms with Gasteiger partial charge in [-0.25, -0.2) is 9.97 Å². The van der Waals surface area contributed by atoms with Crippen molar-refractivity contribution in [1.82, 2.24) is 15.3 Å². The van der Waals surface area contributed by atoms with E-state index in [1.54, 1.807) is 6.92 Å². The number of benzene rings is 1. The third-order valence-electron chi connectivity index (χ3n) is 6.23. The Hall–Kier alpha value is -2.39. The number of carbonyl (C=O) groups excluding carboxylic acids is 1. The molecule has 172 valence electrons. The minimum absolute atomic E-state index is 0.0424. The first-order valence-electron chi connectivity index (χ1n) is 10.6. The molecule has 2 aliphatic rings. The van der Waals surface area contributed by atoms with Crippen molar-refractivity contribution in [1.29, 1.82) is 0 Å². The van der Waals surface area contributed by atoms with Gasteiger partial charge in [0.15, 0.2) is 0 Å². The fourth-order valence-electron chi connectivity index (χ4n) is 4.29. The SMILES string of the molecule is C[C@@H](Nc1nc(Cl)nc2c1CC(CCC(=O)C1CNC1)C2)c1cc(N)cc(C(F)(F)F)c1. The van der Waals surface area contributed by atoms with Crippen LogP contribution < -0.4 is 16.4 Å². The number of hydrogen-bond acceptors (Lipinski definition) is 6. The molecule has 1 aromatic carbocycles. The van der Waals surface area contributed by atoms with Crippen molar-refractivity contribution >= 4 is 28.9 Å². The Labute approximate surface area is 189 Å². The number of nitrogens with one attached hydrogen (secondary N) is 2. The molecule has 1 unspecified atom stereocenters. The Morgan fingerprint density at radius 2 is 2.03 bits per heavy atom. The van der Waals surface area contributed by atoms with Crippen molar-refractivity contribution in [3.05, 3.63) is 45.9 Å². The predicted octanol–water partition coefficient (Wildman–Crippen LogP) is 4.19. The van der Waals surface area contributed by atoms with E-state index >= 15 is 0 Å². The molecule has 1 aromatic heterocycles. The molecule has 32 heavy (non-hydrogen) atoms. The topological polar surface area (TPSA) is 92.9 Å². The zero-order valence-electron chi connectivity index (χ0n) is 17.6. The summed E-state index contributed by atoms with van der Waals surface area (Å²) in [5, 5.41) is 6.39. The molecule has 0 spiro atoms. The third kappa shape index (κ3) is 4.99. The Kier molecular flexibility index (Phi) is 6.31. The smallest absolute Gasteiger partial charge is 0.399 e. The number of Topliss-reactive ketones (excluding diaryl/α,β-unsaturated/α-hetero) is 1. The van der Waals surface area contributed by atoms with Crippen LogP contribution in [0.25, 0.3) is 0 Å². The van der Waals surface area contributed by atoms with Gasteiger partial charge in [0.25, 0.3) is 0 Å². The van der Waals surface area contributed by atoms with Gasteiger partial charge in [-0.05, 0) is 67.5 Å². The first-order valence-corrected chi connectivity index (χ1v) is 11.0. The molecule has 6 nitrogen and oxygen atoms in total. The number of rotatable bonds is 7. The molecule has 1 aliphatic heterocycles. The van der Waals surface area contributed by atoms with E-state index in [2.05, 4.69) is 20.6 Å². The number of anilines is 2. The number of hydrogen-bond donors (Lipinski definition) is 3. The lowest BCUT2D eigenvalue weighted by Crippen LogP contribution is -2.46. The molecule has 1 aliphatic carbocycles. The number of carbonyl (C=O) groups is 1. The first-order chi connectivity index (χ1) is 15.1. The van der Waals surface area contributed by atoms with Gasteiger partial charge in [-0.2, -0.15) is 13.2 Å². The van der Waals surface area contributed by atoms with E-state index in [-0.39, 0.29) is 28.6 Å². The van der Waals surface area contributed by atoms with Crippen LogP contribution in [0.2, 0.25) is 5.28 Å². The van der Waals surface area contributed by atoms with Gasteiger partial charge in [0.1, 0.15) is 11.6 Å². The van der Waals surface area contributed by atoms with Crippen LogP contribution >= 0.6 is 11.6 Å². The second-order valence-corrected chi connectivity index (χ2v) is 8.99. The minimum Gasteiger partial charge on any atom is -0.399 e. The van der Waals surface area contributed by atoms with Crippen LogP contribution in [-0.4, -0.2) is 28.8 Å². The van der Waals surface area contributed by atoms with Crippen LogP contribution in [0.4, 0.5) is 24.7 Å². The van der Waals surface area contributed by atoms with E-state index in [9.17, 15) is 18.0 Å². The Morgan fingerprint density at radius 1 is 1.28 bits per heavy atom. The Morgan fingerprint density at radius 3 is 2.69 bits per heavy atom. The standard InChI is InChI=1S/C22H25ClF3N5O/c1-11(13-6-15(22(24,25)26)8-16(27)7-13)29-20-17-4-12(5-18(17)30-21(23)31-20)2-3-19(32)14-9-28-10-14/h6-8,11-12,14,28H,2-5,9-10,27H2,1H3,(H,29,30,31)/t11-,12?/m1/s1. The number of alkyl halides is 3. The van der Waals surface area contributed by atoms with Gasteiger partial charge < -0.3 is 16.4 Å². The van der Waals surface area contributed by atoms with Gasteiger partial charge in [-0.15, -0.1) is 0 Å². The lowest BCUT2D eigenvalue weighted by Gasteiger charge is -2.26. The highest BCUT2D eigenvalue weighted by Crippen LogP contribution is 2.36. The molecule has 0 saturated carbocycles. The predicted molar refractivity (Wildman–Crippen MR) is 116 cm³/mol. The van der Waals surface area contributed by atoms with Crippen molar-refractivity contribution < 1.29 is 18.0 Å². The van der Waals surface area contributed by atoms with Gasteiger partial charge in [0.2, 0.25) is 5.28 Å². The molecule has 2 heterocycles. The maximum absolute atomic E-state index is 13.2. The fourth-order valence-corrected chi connectivity index (χ4v) is 4.47. The fraction of sp³-hybridized carbons (Fsp3) is 0.500. The highest BCUT2D eigenvalue weighted by atomic mass is 35.5. The number of nitrogen functional groups attached to an aromatic ring is 1. The van der Waals surface area contributed by atoms with Gasteiger partial charge in [0.05, 0.1) is 17.3 Å². The molecule has 1 saturated heterocycles. The summed E-state index contributed by atoms with van der Waals surface area (Å²) in [6.45, 7) is 3.27. The molecule has 10 heteroatoms. The number of ketones is 1. The number of fused-ring (bicyclic) bond motifs is 1. The molecule has 1 fully saturated rings. The second kappa shape index (κ2) is 8.86. The molecule has 0 amide bonds. The lowest BCUT2D eigenvalue weighted by atomic mass is 9.91. The molecule has 2 aromatic rings. The van der Waals surface area contributed by atoms with Crippen molar-refractivity contribution in [3.8, 4) is 0 Å². The van der Waals surface area contributed by atoms with Crippen LogP contribution in [0, 0.1) is 11.8 Å². The maximum Gasteiger partial charge on any atom is 0.416 e. The van der Waals surface area contributed by atoms with E-state index in [4.69, 9.17) is 17.3 Å². The van der Waals surface area contributed by atoms with E-state index < -0.39 is 17.8 Å². The van der Waals surface area contributed by atoms with Crippen LogP contribution in [-0.2, 0) is 23.8 Å². The summed E-state index contributed by atoms with van der Waals surface area (Å²) in [5.74, 6) is 1.19. The summed E-state index contributed by atoms with van der Waals surface area (Å²) in [6.07, 6.45) is -1.78. The Bertz CT molecular complexity index is 1030. The molecular weight excluding hydrogens is 443 g/mol. The van der Waals surface area contributed by atoms with Gasteiger partial charge in [0, 0.05) is 36.7 Å². The molecule has 0 radical (unpaired) electrons. The molecular formula is C22H25ClF3N5O. The van der Waals surface area contributed by atoms with Crippen molar-refractivity contribution in [2.45, 2.75) is 44.8 Å². The highest BCUT2D eigenvalue weighted by molar-refractivity contribution is 6.28. The molecule has 4 rings (SSSR count). The van der Waals surface area contributed by atoms with Crippen LogP contribution in [0.5, 0.6) is 0 Å². The molecule has 0 bridgehead atoms. The quantitative estimate of drug-likeness (QED) is 0.417. The average molecular weight is 468 g/mol. The highest BCUT2D eigenvalue weighted by Gasteiger charge is 2.32. The van der Waals surface area contributed by atoms with Crippen LogP contribution in [0.3, 0.4) is 0 Å². The summed E-state index contributed by atoms with van der Waals surface area (Å²) < 4.78 is 39.5. The molecule has 2 atom stereocenters. The van der Waals surface area contributed by atoms with Crippen LogP contribution in [0.1, 0.15) is 48.2 Å². The van der Waals surface area contributed by atoms with Crippen molar-refractivity contribution in [3.63, 3.8) is 0 Å². The summed E-state index contributed by atoms with van der Waals surface area (Å²) in [4.78, 5) is 20.9. The second-order valence-electron chi connectivity index (χ2n) is 8.65. The average Bonchev–Trinajstić information content (AvgIpc) is 3.06. The zero-order valence-corrected chi connectivity index (χ0v) is 18.4. The number of nitrogens with two attached hydrogens (primary N) is 1. The zero-order chi connectivity index (χ0) is 23.0. The van der Waals surface area contributed by atoms with Gasteiger partial charge in [-0.1, -0.05) is 0 Å². The van der Waals surface area contributed by atoms with E-state index in [0.29, 0.717) is 30.6 Å². The number of nitrogens with zero attached hydrogens (tertiary/aromatic N) is 2. The van der Waals surface area contributed by atoms with Crippen LogP contribution in [0.15, 0.2) is 18.2 Å². The normalized spacial score (nSPS) is 19.3. The first kappa shape index (κ1) is 22.8. The minimum atomic E-state index is -4.48. The molecule has 4 N–H and O–H groups in total. The maximum atomic E-state index is 13.2.